The number of benzene rings is 1. The van der Waals surface area contributed by atoms with Crippen molar-refractivity contribution in [3.8, 4) is 0 Å². The first-order valence-corrected chi connectivity index (χ1v) is 17.3. The number of Topliss-reactive ketones (excluding diaryl/α,β-unsaturated/α-hetero) is 1. The van der Waals surface area contributed by atoms with Crippen LogP contribution >= 0.6 is 11.6 Å². The van der Waals surface area contributed by atoms with Crippen LogP contribution in [0.1, 0.15) is 142 Å². The Morgan fingerprint density at radius 2 is 1.48 bits per heavy atom. The normalized spacial score (nSPS) is 16.0. The van der Waals surface area contributed by atoms with Gasteiger partial charge in [0.15, 0.2) is 11.6 Å². The molecule has 1 N–H and O–H groups in total. The van der Waals surface area contributed by atoms with E-state index in [0.29, 0.717) is 17.9 Å². The van der Waals surface area contributed by atoms with Crippen molar-refractivity contribution in [2.24, 2.45) is 5.41 Å². The van der Waals surface area contributed by atoms with E-state index >= 15 is 0 Å². The summed E-state index contributed by atoms with van der Waals surface area (Å²) in [4.78, 5) is 57.5. The van der Waals surface area contributed by atoms with Gasteiger partial charge in [-0.1, -0.05) is 123 Å². The SMILES string of the molecule is CCCCCCCCCCCCCCCCOC(=O)c1ccc(Cl)c(NO/C=C\N(C(=O)C(C)(C)C)C2C(=O)OC(C)(C)C2=O)c1. The van der Waals surface area contributed by atoms with Crippen molar-refractivity contribution in [3.05, 3.63) is 41.2 Å². The molecule has 2 rings (SSSR count). The van der Waals surface area contributed by atoms with Crippen LogP contribution in [0, 0.1) is 5.41 Å². The molecule has 258 valence electrons. The van der Waals surface area contributed by atoms with Gasteiger partial charge in [-0.15, -0.1) is 0 Å². The summed E-state index contributed by atoms with van der Waals surface area (Å²) >= 11 is 6.28. The molecule has 1 aliphatic rings. The zero-order valence-corrected chi connectivity index (χ0v) is 29.5. The predicted molar refractivity (Wildman–Crippen MR) is 181 cm³/mol. The average Bonchev–Trinajstić information content (AvgIpc) is 3.20. The zero-order valence-electron chi connectivity index (χ0n) is 28.8. The number of hydrogen-bond acceptors (Lipinski definition) is 8. The number of carbonyl (C=O) groups is 4. The number of unbranched alkanes of at least 4 members (excludes halogenated alkanes) is 13. The van der Waals surface area contributed by atoms with Gasteiger partial charge in [0.05, 0.1) is 22.9 Å². The van der Waals surface area contributed by atoms with Gasteiger partial charge in [0.25, 0.3) is 0 Å². The maximum Gasteiger partial charge on any atom is 0.338 e. The third kappa shape index (κ3) is 13.0. The van der Waals surface area contributed by atoms with Crippen LogP contribution in [0.4, 0.5) is 5.69 Å². The maximum atomic E-state index is 13.1. The number of carbonyl (C=O) groups excluding carboxylic acids is 4. The van der Waals surface area contributed by atoms with Crippen LogP contribution < -0.4 is 5.48 Å². The minimum Gasteiger partial charge on any atom is -0.462 e. The first kappa shape index (κ1) is 39.1. The van der Waals surface area contributed by atoms with E-state index in [1.165, 1.54) is 96.7 Å². The van der Waals surface area contributed by atoms with Gasteiger partial charge in [0, 0.05) is 11.6 Å². The Kier molecular flexibility index (Phi) is 16.6. The lowest BCUT2D eigenvalue weighted by molar-refractivity contribution is -0.153. The largest absolute Gasteiger partial charge is 0.462 e. The van der Waals surface area contributed by atoms with Crippen molar-refractivity contribution in [1.29, 1.82) is 0 Å². The summed E-state index contributed by atoms with van der Waals surface area (Å²) in [6.45, 7) is 10.6. The molecule has 0 spiro atoms. The van der Waals surface area contributed by atoms with Crippen LogP contribution in [0.3, 0.4) is 0 Å². The minimum absolute atomic E-state index is 0.288. The molecule has 1 saturated heterocycles. The van der Waals surface area contributed by atoms with Crippen LogP contribution in [0.2, 0.25) is 5.02 Å². The second-order valence-corrected chi connectivity index (χ2v) is 14.0. The fourth-order valence-corrected chi connectivity index (χ4v) is 5.32. The highest BCUT2D eigenvalue weighted by atomic mass is 35.5. The molecule has 0 aliphatic carbocycles. The summed E-state index contributed by atoms with van der Waals surface area (Å²) in [5.74, 6) is -2.28. The average molecular weight is 663 g/mol. The summed E-state index contributed by atoms with van der Waals surface area (Å²) < 4.78 is 10.6. The monoisotopic (exact) mass is 662 g/mol. The Labute approximate surface area is 280 Å². The quantitative estimate of drug-likeness (QED) is 0.0457. The topological polar surface area (TPSA) is 111 Å². The minimum atomic E-state index is -1.43. The van der Waals surface area contributed by atoms with Gasteiger partial charge in [-0.05, 0) is 38.5 Å². The Hall–Kier alpha value is -3.07. The third-order valence-electron chi connectivity index (χ3n) is 7.97. The van der Waals surface area contributed by atoms with Crippen LogP contribution in [0.5, 0.6) is 0 Å². The number of anilines is 1. The van der Waals surface area contributed by atoms with Crippen LogP contribution in [0.25, 0.3) is 0 Å². The number of amides is 1. The van der Waals surface area contributed by atoms with Crippen molar-refractivity contribution in [2.45, 2.75) is 143 Å². The van der Waals surface area contributed by atoms with Crippen LogP contribution in [-0.2, 0) is 28.7 Å². The lowest BCUT2D eigenvalue weighted by Crippen LogP contribution is -2.49. The first-order chi connectivity index (χ1) is 21.8. The Bertz CT molecular complexity index is 1180. The second-order valence-electron chi connectivity index (χ2n) is 13.6. The van der Waals surface area contributed by atoms with Crippen molar-refractivity contribution < 1.29 is 33.5 Å². The summed E-state index contributed by atoms with van der Waals surface area (Å²) in [6, 6.07) is 3.19. The number of esters is 2. The molecule has 0 radical (unpaired) electrons. The Morgan fingerprint density at radius 3 is 1.98 bits per heavy atom. The van der Waals surface area contributed by atoms with Gasteiger partial charge >= 0.3 is 11.9 Å². The van der Waals surface area contributed by atoms with Crippen molar-refractivity contribution >= 4 is 40.9 Å². The van der Waals surface area contributed by atoms with Crippen LogP contribution in [0.15, 0.2) is 30.7 Å². The molecule has 1 atom stereocenters. The molecule has 1 fully saturated rings. The van der Waals surface area contributed by atoms with Gasteiger partial charge in [-0.25, -0.2) is 15.1 Å². The molecule has 0 saturated carbocycles. The zero-order chi connectivity index (χ0) is 34.2. The van der Waals surface area contributed by atoms with E-state index in [9.17, 15) is 19.2 Å². The molecule has 1 unspecified atom stereocenters. The number of ether oxygens (including phenoxy) is 2. The highest BCUT2D eigenvalue weighted by molar-refractivity contribution is 6.33. The van der Waals surface area contributed by atoms with Gasteiger partial charge in [0.2, 0.25) is 11.7 Å². The van der Waals surface area contributed by atoms with Gasteiger partial charge in [-0.3, -0.25) is 14.5 Å². The van der Waals surface area contributed by atoms with Crippen molar-refractivity contribution in [3.63, 3.8) is 0 Å². The Balaban J connectivity index is 1.76. The van der Waals surface area contributed by atoms with Crippen molar-refractivity contribution in [1.82, 2.24) is 4.90 Å². The first-order valence-electron chi connectivity index (χ1n) is 16.9. The smallest absolute Gasteiger partial charge is 0.338 e. The number of hydrogen-bond donors (Lipinski definition) is 1. The molecule has 10 heteroatoms. The second kappa shape index (κ2) is 19.6. The highest BCUT2D eigenvalue weighted by Crippen LogP contribution is 2.30. The number of cyclic esters (lactones) is 1. The fourth-order valence-electron chi connectivity index (χ4n) is 5.16. The molecule has 1 aromatic carbocycles. The van der Waals surface area contributed by atoms with E-state index in [2.05, 4.69) is 12.4 Å². The summed E-state index contributed by atoms with van der Waals surface area (Å²) in [6.07, 6.45) is 19.9. The molecule has 0 bridgehead atoms. The summed E-state index contributed by atoms with van der Waals surface area (Å²) in [7, 11) is 0. The molecular weight excluding hydrogens is 608 g/mol. The fraction of sp³-hybridized carbons (Fsp3) is 0.667. The van der Waals surface area contributed by atoms with Crippen molar-refractivity contribution in [2.75, 3.05) is 12.1 Å². The standard InChI is InChI=1S/C36H55ClN2O7/c1-7-8-9-10-11-12-13-14-15-16-17-18-19-20-24-44-32(41)27-21-22-28(37)29(26-27)38-45-25-23-39(34(43)35(2,3)4)30-31(40)36(5,6)46-33(30)42/h21-23,25-26,30,38H,7-20,24H2,1-6H3/b25-23-. The number of nitrogens with zero attached hydrogens (tertiary/aromatic N) is 1. The number of ketones is 1. The lowest BCUT2D eigenvalue weighted by Gasteiger charge is -2.28. The number of rotatable bonds is 21. The van der Waals surface area contributed by atoms with Crippen LogP contribution in [-0.4, -0.2) is 46.8 Å². The molecule has 1 aliphatic heterocycles. The van der Waals surface area contributed by atoms with Gasteiger partial charge in [0.1, 0.15) is 6.26 Å². The molecule has 9 nitrogen and oxygen atoms in total. The molecule has 0 aromatic heterocycles. The molecule has 1 amide bonds. The molecule has 46 heavy (non-hydrogen) atoms. The van der Waals surface area contributed by atoms with E-state index in [1.54, 1.807) is 32.9 Å². The van der Waals surface area contributed by atoms with Gasteiger partial charge in [-0.2, -0.15) is 0 Å². The van der Waals surface area contributed by atoms with E-state index in [4.69, 9.17) is 25.9 Å². The summed E-state index contributed by atoms with van der Waals surface area (Å²) in [5, 5.41) is 0.288. The molecule has 1 heterocycles. The molecule has 1 aromatic rings. The highest BCUT2D eigenvalue weighted by Gasteiger charge is 2.53. The lowest BCUT2D eigenvalue weighted by atomic mass is 9.92. The Morgan fingerprint density at radius 1 is 0.935 bits per heavy atom. The van der Waals surface area contributed by atoms with Gasteiger partial charge < -0.3 is 14.3 Å². The van der Waals surface area contributed by atoms with E-state index < -0.39 is 40.7 Å². The maximum absolute atomic E-state index is 13.1. The summed E-state index contributed by atoms with van der Waals surface area (Å²) in [5.41, 5.74) is 0.983. The number of halogens is 1. The van der Waals surface area contributed by atoms with E-state index in [0.717, 1.165) is 30.4 Å². The third-order valence-corrected chi connectivity index (χ3v) is 8.30. The van der Waals surface area contributed by atoms with E-state index in [1.807, 2.05) is 0 Å². The molecular formula is C36H55ClN2O7. The number of nitrogens with one attached hydrogen (secondary N) is 1. The predicted octanol–water partition coefficient (Wildman–Crippen LogP) is 8.94. The van der Waals surface area contributed by atoms with E-state index in [-0.39, 0.29) is 5.02 Å².